The van der Waals surface area contributed by atoms with Crippen LogP contribution in [0.2, 0.25) is 0 Å². The van der Waals surface area contributed by atoms with E-state index in [4.69, 9.17) is 5.73 Å². The molecule has 0 bridgehead atoms. The maximum absolute atomic E-state index is 14.0. The summed E-state index contributed by atoms with van der Waals surface area (Å²) in [5.74, 6) is -1.64. The monoisotopic (exact) mass is 593 g/mol. The summed E-state index contributed by atoms with van der Waals surface area (Å²) < 4.78 is 20.5. The van der Waals surface area contributed by atoms with Gasteiger partial charge in [-0.25, -0.2) is 4.39 Å². The number of aliphatic hydroxyl groups excluding tert-OH is 2. The Balaban J connectivity index is 2.18. The number of ketones is 1. The van der Waals surface area contributed by atoms with Crippen molar-refractivity contribution in [2.45, 2.75) is 64.7 Å². The van der Waals surface area contributed by atoms with Crippen LogP contribution in [0.5, 0.6) is 0 Å². The molecule has 10 heteroatoms. The molecule has 3 aromatic rings. The number of nitrogens with zero attached hydrogens (tertiary/aromatic N) is 1. The fourth-order valence-corrected chi connectivity index (χ4v) is 5.16. The van der Waals surface area contributed by atoms with Gasteiger partial charge in [0.05, 0.1) is 32.3 Å². The van der Waals surface area contributed by atoms with Crippen LogP contribution >= 0.6 is 0 Å². The predicted octanol–water partition coefficient (Wildman–Crippen LogP) is 4.31. The molecule has 0 saturated heterocycles. The van der Waals surface area contributed by atoms with Crippen LogP contribution in [-0.4, -0.2) is 58.3 Å². The van der Waals surface area contributed by atoms with E-state index >= 15 is 0 Å². The Labute approximate surface area is 251 Å². The number of nitrogens with two attached hydrogens (primary N) is 1. The maximum Gasteiger partial charge on any atom is 0.308 e. The van der Waals surface area contributed by atoms with Gasteiger partial charge >= 0.3 is 5.97 Å². The lowest BCUT2D eigenvalue weighted by molar-refractivity contribution is -0.143. The van der Waals surface area contributed by atoms with E-state index in [1.165, 1.54) is 32.2 Å². The number of rotatable bonds is 14. The molecule has 5 N–H and O–H groups in total. The van der Waals surface area contributed by atoms with Gasteiger partial charge in [-0.05, 0) is 63.3 Å². The fraction of sp³-hybridized carbons (Fsp3) is 0.364. The SMILES string of the molecule is COC(=O)C[C@H](O)C[C@H](O)CCc1c(-c2ccc(F)cc2)c(-c2ccccc2)c(C(=O)NC/C(N)=C\C(C)=O)n1C(C)C. The van der Waals surface area contributed by atoms with E-state index in [2.05, 4.69) is 10.1 Å². The second-order valence-electron chi connectivity index (χ2n) is 10.8. The number of aliphatic hydroxyl groups is 2. The van der Waals surface area contributed by atoms with Crippen molar-refractivity contribution in [2.75, 3.05) is 13.7 Å². The van der Waals surface area contributed by atoms with Crippen molar-refractivity contribution in [1.29, 1.82) is 0 Å². The molecule has 2 atom stereocenters. The molecule has 0 radical (unpaired) electrons. The molecule has 0 unspecified atom stereocenters. The Hall–Kier alpha value is -4.28. The standard InChI is InChI=1S/C33H40FN3O6/c1-20(2)37-28(15-14-26(39)17-27(40)18-29(41)43-4)30(23-10-12-24(34)13-11-23)31(22-8-6-5-7-9-22)32(37)33(42)36-19-25(35)16-21(3)38/h5-13,16,20,26-27,39-40H,14-15,17-19,35H2,1-4H3,(H,36,42)/b25-16+/t26-,27-/m1/s1. The van der Waals surface area contributed by atoms with E-state index in [0.717, 1.165) is 11.3 Å². The topological polar surface area (TPSA) is 144 Å². The highest BCUT2D eigenvalue weighted by atomic mass is 19.1. The van der Waals surface area contributed by atoms with Crippen LogP contribution in [0.15, 0.2) is 66.4 Å². The van der Waals surface area contributed by atoms with Crippen molar-refractivity contribution in [3.8, 4) is 22.3 Å². The third kappa shape index (κ3) is 8.86. The highest BCUT2D eigenvalue weighted by Crippen LogP contribution is 2.42. The molecule has 2 aromatic carbocycles. The Morgan fingerprint density at radius 3 is 2.21 bits per heavy atom. The summed E-state index contributed by atoms with van der Waals surface area (Å²) >= 11 is 0. The number of allylic oxidation sites excluding steroid dienone is 1. The molecule has 9 nitrogen and oxygen atoms in total. The van der Waals surface area contributed by atoms with Gasteiger partial charge in [0, 0.05) is 34.6 Å². The quantitative estimate of drug-likeness (QED) is 0.161. The zero-order valence-corrected chi connectivity index (χ0v) is 25.0. The lowest BCUT2D eigenvalue weighted by Crippen LogP contribution is -2.31. The number of nitrogens with one attached hydrogen (secondary N) is 1. The minimum atomic E-state index is -1.08. The zero-order chi connectivity index (χ0) is 31.7. The number of carbonyl (C=O) groups is 3. The van der Waals surface area contributed by atoms with E-state index in [-0.39, 0.29) is 43.3 Å². The summed E-state index contributed by atoms with van der Waals surface area (Å²) in [6.07, 6.45) is -0.533. The summed E-state index contributed by atoms with van der Waals surface area (Å²) in [6.45, 7) is 5.19. The molecule has 0 aliphatic rings. The van der Waals surface area contributed by atoms with Gasteiger partial charge in [0.1, 0.15) is 11.5 Å². The summed E-state index contributed by atoms with van der Waals surface area (Å²) in [4.78, 5) is 37.0. The smallest absolute Gasteiger partial charge is 0.308 e. The largest absolute Gasteiger partial charge is 0.469 e. The first-order valence-corrected chi connectivity index (χ1v) is 14.2. The first kappa shape index (κ1) is 33.2. The van der Waals surface area contributed by atoms with Crippen LogP contribution in [0.1, 0.15) is 62.3 Å². The summed E-state index contributed by atoms with van der Waals surface area (Å²) in [5, 5.41) is 23.9. The molecular weight excluding hydrogens is 553 g/mol. The summed E-state index contributed by atoms with van der Waals surface area (Å²) in [7, 11) is 1.23. The van der Waals surface area contributed by atoms with Gasteiger partial charge < -0.3 is 30.6 Å². The van der Waals surface area contributed by atoms with Crippen molar-refractivity contribution in [3.05, 3.63) is 83.6 Å². The molecule has 1 amide bonds. The van der Waals surface area contributed by atoms with Crippen LogP contribution in [0, 0.1) is 5.82 Å². The molecule has 0 saturated carbocycles. The molecule has 230 valence electrons. The number of aromatic nitrogens is 1. The van der Waals surface area contributed by atoms with Gasteiger partial charge in [0.2, 0.25) is 0 Å². The number of halogens is 1. The number of amides is 1. The Morgan fingerprint density at radius 1 is 1.00 bits per heavy atom. The molecular formula is C33H40FN3O6. The highest BCUT2D eigenvalue weighted by molar-refractivity contribution is 6.05. The molecule has 43 heavy (non-hydrogen) atoms. The van der Waals surface area contributed by atoms with Crippen molar-refractivity contribution in [2.24, 2.45) is 5.73 Å². The van der Waals surface area contributed by atoms with Crippen molar-refractivity contribution in [1.82, 2.24) is 9.88 Å². The van der Waals surface area contributed by atoms with Gasteiger partial charge in [-0.3, -0.25) is 14.4 Å². The van der Waals surface area contributed by atoms with Crippen LogP contribution in [0.25, 0.3) is 22.3 Å². The Morgan fingerprint density at radius 2 is 1.63 bits per heavy atom. The van der Waals surface area contributed by atoms with Crippen LogP contribution < -0.4 is 11.1 Å². The van der Waals surface area contributed by atoms with Gasteiger partial charge in [-0.15, -0.1) is 0 Å². The third-order valence-electron chi connectivity index (χ3n) is 6.96. The van der Waals surface area contributed by atoms with Crippen LogP contribution in [-0.2, 0) is 20.7 Å². The van der Waals surface area contributed by atoms with Gasteiger partial charge in [0.25, 0.3) is 5.91 Å². The average molecular weight is 594 g/mol. The lowest BCUT2D eigenvalue weighted by Gasteiger charge is -2.20. The summed E-state index contributed by atoms with van der Waals surface area (Å²) in [5.41, 5.74) is 10.0. The number of esters is 1. The predicted molar refractivity (Wildman–Crippen MR) is 163 cm³/mol. The summed E-state index contributed by atoms with van der Waals surface area (Å²) in [6, 6.07) is 15.1. The fourth-order valence-electron chi connectivity index (χ4n) is 5.16. The molecule has 0 spiro atoms. The normalized spacial score (nSPS) is 13.1. The van der Waals surface area contributed by atoms with E-state index < -0.39 is 29.9 Å². The minimum absolute atomic E-state index is 0.0377. The number of hydrogen-bond acceptors (Lipinski definition) is 7. The number of ether oxygens (including phenoxy) is 1. The van der Waals surface area contributed by atoms with E-state index in [0.29, 0.717) is 28.8 Å². The van der Waals surface area contributed by atoms with Gasteiger partial charge in [-0.1, -0.05) is 42.5 Å². The second kappa shape index (κ2) is 15.3. The van der Waals surface area contributed by atoms with E-state index in [1.54, 1.807) is 12.1 Å². The molecule has 0 fully saturated rings. The van der Waals surface area contributed by atoms with E-state index in [9.17, 15) is 29.0 Å². The average Bonchev–Trinajstić information content (AvgIpc) is 3.30. The van der Waals surface area contributed by atoms with Gasteiger partial charge in [0.15, 0.2) is 5.78 Å². The van der Waals surface area contributed by atoms with Crippen molar-refractivity contribution < 1.29 is 33.7 Å². The van der Waals surface area contributed by atoms with Crippen LogP contribution in [0.4, 0.5) is 4.39 Å². The number of methoxy groups -OCH3 is 1. The van der Waals surface area contributed by atoms with E-state index in [1.807, 2.05) is 48.7 Å². The number of benzene rings is 2. The van der Waals surface area contributed by atoms with Crippen molar-refractivity contribution in [3.63, 3.8) is 0 Å². The first-order chi connectivity index (χ1) is 20.4. The zero-order valence-electron chi connectivity index (χ0n) is 25.0. The van der Waals surface area contributed by atoms with Gasteiger partial charge in [-0.2, -0.15) is 0 Å². The highest BCUT2D eigenvalue weighted by Gasteiger charge is 2.30. The minimum Gasteiger partial charge on any atom is -0.469 e. The second-order valence-corrected chi connectivity index (χ2v) is 10.8. The lowest BCUT2D eigenvalue weighted by atomic mass is 9.92. The number of carbonyl (C=O) groups excluding carboxylic acids is 3. The molecule has 0 aliphatic carbocycles. The molecule has 3 rings (SSSR count). The Bertz CT molecular complexity index is 1450. The van der Waals surface area contributed by atoms with Crippen molar-refractivity contribution >= 4 is 17.7 Å². The maximum atomic E-state index is 14.0. The molecule has 0 aliphatic heterocycles. The third-order valence-corrected chi connectivity index (χ3v) is 6.96. The molecule has 1 aromatic heterocycles. The van der Waals surface area contributed by atoms with Crippen LogP contribution in [0.3, 0.4) is 0 Å². The molecule has 1 heterocycles. The first-order valence-electron chi connectivity index (χ1n) is 14.2. The Kier molecular flexibility index (Phi) is 11.8. The number of hydrogen-bond donors (Lipinski definition) is 4.